The van der Waals surface area contributed by atoms with Gasteiger partial charge in [0.2, 0.25) is 0 Å². The molecule has 0 aromatic carbocycles. The molecule has 0 amide bonds. The lowest BCUT2D eigenvalue weighted by atomic mass is 10.00. The Morgan fingerprint density at radius 2 is 2.33 bits per heavy atom. The fourth-order valence-electron chi connectivity index (χ4n) is 1.31. The molecule has 3 N–H and O–H groups in total. The third-order valence-electron chi connectivity index (χ3n) is 2.03. The molecule has 0 aromatic heterocycles. The van der Waals surface area contributed by atoms with Crippen LogP contribution in [0, 0.1) is 11.8 Å². The van der Waals surface area contributed by atoms with Gasteiger partial charge in [0.05, 0.1) is 0 Å². The number of hydrogen-bond acceptors (Lipinski definition) is 3. The molecule has 0 saturated carbocycles. The molecule has 1 aliphatic heterocycles. The topological polar surface area (TPSA) is 49.5 Å². The lowest BCUT2D eigenvalue weighted by molar-refractivity contribution is 0.205. The molecule has 3 nitrogen and oxygen atoms in total. The zero-order valence-electron chi connectivity index (χ0n) is 5.75. The van der Waals surface area contributed by atoms with E-state index in [0.717, 1.165) is 13.1 Å². The second-order valence-electron chi connectivity index (χ2n) is 2.87. The molecule has 9 heavy (non-hydrogen) atoms. The largest absolute Gasteiger partial charge is 0.396 e. The van der Waals surface area contributed by atoms with Crippen molar-refractivity contribution in [2.45, 2.75) is 6.92 Å². The number of aliphatic hydroxyl groups excluding tert-OH is 1. The maximum atomic E-state index is 8.77. The average molecular weight is 130 g/mol. The monoisotopic (exact) mass is 130 g/mol. The van der Waals surface area contributed by atoms with Crippen LogP contribution in [0.2, 0.25) is 0 Å². The van der Waals surface area contributed by atoms with Crippen molar-refractivity contribution >= 4 is 0 Å². The third kappa shape index (κ3) is 1.41. The van der Waals surface area contributed by atoms with Crippen molar-refractivity contribution < 1.29 is 5.11 Å². The molecule has 2 atom stereocenters. The van der Waals surface area contributed by atoms with Gasteiger partial charge >= 0.3 is 0 Å². The van der Waals surface area contributed by atoms with Crippen molar-refractivity contribution in [3.05, 3.63) is 0 Å². The molecule has 1 heterocycles. The molecular weight excluding hydrogens is 116 g/mol. The van der Waals surface area contributed by atoms with E-state index in [4.69, 9.17) is 10.9 Å². The number of hydrazine groups is 1. The molecular formula is C6H14N2O. The Balaban J connectivity index is 2.38. The maximum Gasteiger partial charge on any atom is 0.0475 e. The zero-order valence-corrected chi connectivity index (χ0v) is 5.75. The second kappa shape index (κ2) is 2.64. The average Bonchev–Trinajstić information content (AvgIpc) is 2.10. The van der Waals surface area contributed by atoms with E-state index in [1.54, 1.807) is 5.01 Å². The first-order valence-electron chi connectivity index (χ1n) is 3.34. The fraction of sp³-hybridized carbons (Fsp3) is 1.00. The molecule has 0 unspecified atom stereocenters. The van der Waals surface area contributed by atoms with Gasteiger partial charge in [0.25, 0.3) is 0 Å². The van der Waals surface area contributed by atoms with Crippen LogP contribution in [0.1, 0.15) is 6.92 Å². The highest BCUT2D eigenvalue weighted by molar-refractivity contribution is 4.77. The normalized spacial score (nSPS) is 37.7. The maximum absolute atomic E-state index is 8.77. The van der Waals surface area contributed by atoms with E-state index >= 15 is 0 Å². The number of hydrogen-bond donors (Lipinski definition) is 2. The van der Waals surface area contributed by atoms with Crippen LogP contribution in [-0.2, 0) is 0 Å². The summed E-state index contributed by atoms with van der Waals surface area (Å²) in [5.74, 6) is 6.47. The van der Waals surface area contributed by atoms with Crippen molar-refractivity contribution in [2.75, 3.05) is 19.7 Å². The summed E-state index contributed by atoms with van der Waals surface area (Å²) < 4.78 is 0. The Bertz CT molecular complexity index is 97.1. The van der Waals surface area contributed by atoms with Crippen LogP contribution in [0.25, 0.3) is 0 Å². The highest BCUT2D eigenvalue weighted by atomic mass is 16.3. The molecule has 0 spiro atoms. The Morgan fingerprint density at radius 3 is 2.56 bits per heavy atom. The molecule has 0 aliphatic carbocycles. The second-order valence-corrected chi connectivity index (χ2v) is 2.87. The quantitative estimate of drug-likeness (QED) is 0.467. The van der Waals surface area contributed by atoms with E-state index in [-0.39, 0.29) is 6.61 Å². The summed E-state index contributed by atoms with van der Waals surface area (Å²) >= 11 is 0. The molecule has 1 fully saturated rings. The first-order valence-corrected chi connectivity index (χ1v) is 3.34. The molecule has 1 aliphatic rings. The molecule has 0 radical (unpaired) electrons. The summed E-state index contributed by atoms with van der Waals surface area (Å²) in [4.78, 5) is 0. The van der Waals surface area contributed by atoms with Crippen LogP contribution in [-0.4, -0.2) is 29.8 Å². The summed E-state index contributed by atoms with van der Waals surface area (Å²) in [7, 11) is 0. The zero-order chi connectivity index (χ0) is 6.85. The van der Waals surface area contributed by atoms with E-state index in [1.807, 2.05) is 0 Å². The van der Waals surface area contributed by atoms with Gasteiger partial charge in [-0.3, -0.25) is 5.84 Å². The van der Waals surface area contributed by atoms with Crippen molar-refractivity contribution in [3.8, 4) is 0 Å². The van der Waals surface area contributed by atoms with E-state index in [2.05, 4.69) is 6.92 Å². The van der Waals surface area contributed by atoms with Crippen LogP contribution in [0.15, 0.2) is 0 Å². The van der Waals surface area contributed by atoms with E-state index < -0.39 is 0 Å². The van der Waals surface area contributed by atoms with Crippen LogP contribution in [0.4, 0.5) is 0 Å². The number of nitrogens with zero attached hydrogens (tertiary/aromatic N) is 1. The Labute approximate surface area is 55.4 Å². The van der Waals surface area contributed by atoms with Gasteiger partial charge in [0.1, 0.15) is 0 Å². The van der Waals surface area contributed by atoms with Gasteiger partial charge in [0, 0.05) is 19.7 Å². The summed E-state index contributed by atoms with van der Waals surface area (Å²) in [5.41, 5.74) is 0. The van der Waals surface area contributed by atoms with Crippen molar-refractivity contribution in [1.82, 2.24) is 5.01 Å². The van der Waals surface area contributed by atoms with E-state index in [9.17, 15) is 0 Å². The predicted molar refractivity (Wildman–Crippen MR) is 35.5 cm³/mol. The molecule has 0 aromatic rings. The summed E-state index contributed by atoms with van der Waals surface area (Å²) in [5, 5.41) is 10.5. The Kier molecular flexibility index (Phi) is 2.05. The van der Waals surface area contributed by atoms with E-state index in [0.29, 0.717) is 11.8 Å². The van der Waals surface area contributed by atoms with Gasteiger partial charge in [-0.05, 0) is 11.8 Å². The smallest absolute Gasteiger partial charge is 0.0475 e. The molecule has 1 saturated heterocycles. The van der Waals surface area contributed by atoms with Crippen molar-refractivity contribution in [3.63, 3.8) is 0 Å². The van der Waals surface area contributed by atoms with Crippen LogP contribution >= 0.6 is 0 Å². The molecule has 54 valence electrons. The highest BCUT2D eigenvalue weighted by Crippen LogP contribution is 2.18. The van der Waals surface area contributed by atoms with Gasteiger partial charge in [-0.15, -0.1) is 0 Å². The first-order chi connectivity index (χ1) is 4.24. The Morgan fingerprint density at radius 1 is 1.67 bits per heavy atom. The standard InChI is InChI=1S/C6H14N2O/c1-5-2-8(7)3-6(5)4-9/h5-6,9H,2-4,7H2,1H3/t5-,6-/m1/s1. The third-order valence-corrected chi connectivity index (χ3v) is 2.03. The summed E-state index contributed by atoms with van der Waals surface area (Å²) in [6.45, 7) is 4.16. The van der Waals surface area contributed by atoms with Crippen molar-refractivity contribution in [2.24, 2.45) is 17.7 Å². The highest BCUT2D eigenvalue weighted by Gasteiger charge is 2.26. The van der Waals surface area contributed by atoms with Gasteiger partial charge in [0.15, 0.2) is 0 Å². The first kappa shape index (κ1) is 6.99. The molecule has 0 bridgehead atoms. The SMILES string of the molecule is C[C@@H]1CN(N)C[C@@H]1CO. The lowest BCUT2D eigenvalue weighted by Gasteiger charge is -2.07. The molecule has 1 rings (SSSR count). The van der Waals surface area contributed by atoms with Gasteiger partial charge in [-0.1, -0.05) is 6.92 Å². The van der Waals surface area contributed by atoms with Gasteiger partial charge in [-0.2, -0.15) is 0 Å². The minimum absolute atomic E-state index is 0.273. The number of nitrogens with two attached hydrogens (primary N) is 1. The van der Waals surface area contributed by atoms with Crippen LogP contribution in [0.5, 0.6) is 0 Å². The number of aliphatic hydroxyl groups is 1. The van der Waals surface area contributed by atoms with Crippen molar-refractivity contribution in [1.29, 1.82) is 0 Å². The van der Waals surface area contributed by atoms with Gasteiger partial charge in [-0.25, -0.2) is 5.01 Å². The summed E-state index contributed by atoms with van der Waals surface area (Å²) in [6.07, 6.45) is 0. The predicted octanol–water partition coefficient (Wildman–Crippen LogP) is -0.580. The van der Waals surface area contributed by atoms with Crippen LogP contribution < -0.4 is 5.84 Å². The number of rotatable bonds is 1. The lowest BCUT2D eigenvalue weighted by Crippen LogP contribution is -2.28. The van der Waals surface area contributed by atoms with E-state index in [1.165, 1.54) is 0 Å². The minimum Gasteiger partial charge on any atom is -0.396 e. The van der Waals surface area contributed by atoms with Gasteiger partial charge < -0.3 is 5.11 Å². The van der Waals surface area contributed by atoms with Crippen LogP contribution in [0.3, 0.4) is 0 Å². The Hall–Kier alpha value is -0.120. The summed E-state index contributed by atoms with van der Waals surface area (Å²) in [6, 6.07) is 0. The molecule has 3 heteroatoms. The fourth-order valence-corrected chi connectivity index (χ4v) is 1.31. The minimum atomic E-state index is 0.273.